The molecule has 0 unspecified atom stereocenters. The van der Waals surface area contributed by atoms with Crippen molar-refractivity contribution in [3.63, 3.8) is 0 Å². The maximum atomic E-state index is 13.6. The second-order valence-corrected chi connectivity index (χ2v) is 6.71. The van der Waals surface area contributed by atoms with Crippen molar-refractivity contribution >= 4 is 29.3 Å². The Labute approximate surface area is 149 Å². The van der Waals surface area contributed by atoms with E-state index < -0.39 is 0 Å². The van der Waals surface area contributed by atoms with Gasteiger partial charge in [-0.1, -0.05) is 35.9 Å². The van der Waals surface area contributed by atoms with Crippen molar-refractivity contribution in [3.8, 4) is 0 Å². The van der Waals surface area contributed by atoms with Gasteiger partial charge in [0.15, 0.2) is 0 Å². The fraction of sp³-hybridized carbons (Fsp3) is 0.278. The number of benzene rings is 2. The van der Waals surface area contributed by atoms with Crippen LogP contribution in [0.5, 0.6) is 0 Å². The lowest BCUT2D eigenvalue weighted by molar-refractivity contribution is -0.120. The number of carbonyl (C=O) groups is 1. The van der Waals surface area contributed by atoms with Crippen LogP contribution in [0.25, 0.3) is 0 Å². The van der Waals surface area contributed by atoms with Crippen LogP contribution in [0.4, 0.5) is 8.78 Å². The lowest BCUT2D eigenvalue weighted by Crippen LogP contribution is -2.26. The molecule has 6 heteroatoms. The molecule has 128 valence electrons. The largest absolute Gasteiger partial charge is 0.355 e. The zero-order valence-electron chi connectivity index (χ0n) is 13.0. The van der Waals surface area contributed by atoms with Crippen LogP contribution in [0.1, 0.15) is 17.5 Å². The molecule has 1 N–H and O–H groups in total. The Hall–Kier alpha value is -1.59. The second kappa shape index (κ2) is 9.64. The zero-order chi connectivity index (χ0) is 17.4. The Morgan fingerprint density at radius 2 is 1.83 bits per heavy atom. The third kappa shape index (κ3) is 5.80. The molecule has 24 heavy (non-hydrogen) atoms. The lowest BCUT2D eigenvalue weighted by Gasteiger charge is -2.07. The van der Waals surface area contributed by atoms with Crippen molar-refractivity contribution in [2.45, 2.75) is 18.6 Å². The molecule has 0 aromatic heterocycles. The van der Waals surface area contributed by atoms with Gasteiger partial charge in [-0.3, -0.25) is 4.79 Å². The average Bonchev–Trinajstić information content (AvgIpc) is 2.56. The van der Waals surface area contributed by atoms with Crippen LogP contribution in [0.2, 0.25) is 5.02 Å². The summed E-state index contributed by atoms with van der Waals surface area (Å²) in [7, 11) is 0. The molecular weight excluding hydrogens is 352 g/mol. The SMILES string of the molecule is O=C(CCc1ccccc1F)NCCSCc1c(F)cccc1Cl. The number of rotatable bonds is 8. The minimum absolute atomic E-state index is 0.122. The van der Waals surface area contributed by atoms with Crippen molar-refractivity contribution in [1.29, 1.82) is 0 Å². The van der Waals surface area contributed by atoms with Crippen LogP contribution in [-0.4, -0.2) is 18.2 Å². The first kappa shape index (κ1) is 18.7. The number of hydrogen-bond acceptors (Lipinski definition) is 2. The second-order valence-electron chi connectivity index (χ2n) is 5.19. The monoisotopic (exact) mass is 369 g/mol. The van der Waals surface area contributed by atoms with Crippen molar-refractivity contribution in [2.75, 3.05) is 12.3 Å². The maximum Gasteiger partial charge on any atom is 0.220 e. The van der Waals surface area contributed by atoms with E-state index in [1.807, 2.05) is 0 Å². The molecule has 0 saturated heterocycles. The summed E-state index contributed by atoms with van der Waals surface area (Å²) in [6.07, 6.45) is 0.612. The molecule has 0 aliphatic rings. The third-order valence-electron chi connectivity index (χ3n) is 3.46. The quantitative estimate of drug-likeness (QED) is 0.689. The van der Waals surface area contributed by atoms with Gasteiger partial charge in [-0.05, 0) is 30.2 Å². The van der Waals surface area contributed by atoms with E-state index in [0.717, 1.165) is 0 Å². The molecule has 0 bridgehead atoms. The molecule has 0 heterocycles. The Morgan fingerprint density at radius 3 is 2.58 bits per heavy atom. The normalized spacial score (nSPS) is 10.6. The Balaban J connectivity index is 1.64. The predicted molar refractivity (Wildman–Crippen MR) is 95.3 cm³/mol. The summed E-state index contributed by atoms with van der Waals surface area (Å²) in [6.45, 7) is 0.479. The van der Waals surface area contributed by atoms with Crippen molar-refractivity contribution in [1.82, 2.24) is 5.32 Å². The van der Waals surface area contributed by atoms with E-state index in [-0.39, 0.29) is 24.0 Å². The van der Waals surface area contributed by atoms with E-state index in [1.165, 1.54) is 23.9 Å². The van der Waals surface area contributed by atoms with E-state index in [2.05, 4.69) is 5.32 Å². The van der Waals surface area contributed by atoms with Crippen molar-refractivity contribution in [3.05, 3.63) is 70.2 Å². The summed E-state index contributed by atoms with van der Waals surface area (Å²) >= 11 is 7.45. The molecule has 0 saturated carbocycles. The number of thioether (sulfide) groups is 1. The standard InChI is InChI=1S/C18H18ClF2NOS/c19-15-5-3-7-17(21)14(15)12-24-11-10-22-18(23)9-8-13-4-1-2-6-16(13)20/h1-7H,8-12H2,(H,22,23). The predicted octanol–water partition coefficient (Wildman–Crippen LogP) is 4.60. The van der Waals surface area contributed by atoms with E-state index in [1.54, 1.807) is 30.3 Å². The fourth-order valence-corrected chi connectivity index (χ4v) is 3.34. The van der Waals surface area contributed by atoms with Gasteiger partial charge >= 0.3 is 0 Å². The van der Waals surface area contributed by atoms with Gasteiger partial charge < -0.3 is 5.32 Å². The smallest absolute Gasteiger partial charge is 0.220 e. The summed E-state index contributed by atoms with van der Waals surface area (Å²) in [6, 6.07) is 11.0. The van der Waals surface area contributed by atoms with Crippen LogP contribution in [0, 0.1) is 11.6 Å². The van der Waals surface area contributed by atoms with E-state index in [0.29, 0.717) is 40.6 Å². The van der Waals surface area contributed by atoms with Gasteiger partial charge in [0.05, 0.1) is 0 Å². The molecular formula is C18H18ClF2NOS. The molecule has 0 aliphatic carbocycles. The number of nitrogens with one attached hydrogen (secondary N) is 1. The molecule has 1 amide bonds. The molecule has 0 atom stereocenters. The van der Waals surface area contributed by atoms with E-state index in [9.17, 15) is 13.6 Å². The highest BCUT2D eigenvalue weighted by atomic mass is 35.5. The third-order valence-corrected chi connectivity index (χ3v) is 4.80. The molecule has 0 radical (unpaired) electrons. The average molecular weight is 370 g/mol. The Morgan fingerprint density at radius 1 is 1.08 bits per heavy atom. The van der Waals surface area contributed by atoms with Crippen molar-refractivity contribution < 1.29 is 13.6 Å². The number of carbonyl (C=O) groups excluding carboxylic acids is 1. The van der Waals surface area contributed by atoms with Gasteiger partial charge in [0, 0.05) is 35.1 Å². The summed E-state index contributed by atoms with van der Waals surface area (Å²) in [5, 5.41) is 3.19. The zero-order valence-corrected chi connectivity index (χ0v) is 14.6. The van der Waals surface area contributed by atoms with Crippen LogP contribution >= 0.6 is 23.4 Å². The lowest BCUT2D eigenvalue weighted by atomic mass is 10.1. The molecule has 2 nitrogen and oxygen atoms in total. The van der Waals surface area contributed by atoms with Gasteiger partial charge in [-0.2, -0.15) is 11.8 Å². The Bertz CT molecular complexity index is 676. The first-order chi connectivity index (χ1) is 11.6. The molecule has 2 rings (SSSR count). The van der Waals surface area contributed by atoms with Crippen LogP contribution in [0.15, 0.2) is 42.5 Å². The van der Waals surface area contributed by atoms with Crippen LogP contribution in [-0.2, 0) is 17.0 Å². The maximum absolute atomic E-state index is 13.6. The number of hydrogen-bond donors (Lipinski definition) is 1. The Kier molecular flexibility index (Phi) is 7.53. The summed E-state index contributed by atoms with van der Waals surface area (Å²) < 4.78 is 27.0. The van der Waals surface area contributed by atoms with Crippen LogP contribution in [0.3, 0.4) is 0 Å². The topological polar surface area (TPSA) is 29.1 Å². The molecule has 0 fully saturated rings. The first-order valence-corrected chi connectivity index (χ1v) is 9.12. The van der Waals surface area contributed by atoms with Gasteiger partial charge in [-0.25, -0.2) is 8.78 Å². The first-order valence-electron chi connectivity index (χ1n) is 7.58. The van der Waals surface area contributed by atoms with E-state index >= 15 is 0 Å². The highest BCUT2D eigenvalue weighted by molar-refractivity contribution is 7.98. The fourth-order valence-electron chi connectivity index (χ4n) is 2.14. The summed E-state index contributed by atoms with van der Waals surface area (Å²) in [5.41, 5.74) is 1.02. The molecule has 2 aromatic carbocycles. The van der Waals surface area contributed by atoms with Gasteiger partial charge in [0.25, 0.3) is 0 Å². The minimum atomic E-state index is -0.316. The summed E-state index contributed by atoms with van der Waals surface area (Å²) in [4.78, 5) is 11.7. The molecule has 2 aromatic rings. The number of halogens is 3. The van der Waals surface area contributed by atoms with Crippen molar-refractivity contribution in [2.24, 2.45) is 0 Å². The van der Waals surface area contributed by atoms with Gasteiger partial charge in [0.1, 0.15) is 11.6 Å². The number of aryl methyl sites for hydroxylation is 1. The highest BCUT2D eigenvalue weighted by Crippen LogP contribution is 2.23. The minimum Gasteiger partial charge on any atom is -0.355 e. The van der Waals surface area contributed by atoms with Crippen LogP contribution < -0.4 is 5.32 Å². The molecule has 0 spiro atoms. The number of amides is 1. The summed E-state index contributed by atoms with van der Waals surface area (Å²) in [5.74, 6) is 0.376. The van der Waals surface area contributed by atoms with E-state index in [4.69, 9.17) is 11.6 Å². The molecule has 0 aliphatic heterocycles. The van der Waals surface area contributed by atoms with Gasteiger partial charge in [-0.15, -0.1) is 0 Å². The van der Waals surface area contributed by atoms with Gasteiger partial charge in [0.2, 0.25) is 5.91 Å². The highest BCUT2D eigenvalue weighted by Gasteiger charge is 2.07.